The highest BCUT2D eigenvalue weighted by atomic mass is 15.2. The maximum atomic E-state index is 4.56. The van der Waals surface area contributed by atoms with Gasteiger partial charge in [0, 0.05) is 19.1 Å². The topological polar surface area (TPSA) is 28.2 Å². The Morgan fingerprint density at radius 2 is 1.84 bits per heavy atom. The van der Waals surface area contributed by atoms with E-state index in [1.807, 2.05) is 6.20 Å². The van der Waals surface area contributed by atoms with E-state index in [9.17, 15) is 0 Å². The predicted molar refractivity (Wildman–Crippen MR) is 82.8 cm³/mol. The number of nitrogens with zero attached hydrogens (tertiary/aromatic N) is 2. The van der Waals surface area contributed by atoms with Crippen LogP contribution in [0.2, 0.25) is 0 Å². The summed E-state index contributed by atoms with van der Waals surface area (Å²) < 4.78 is 0. The van der Waals surface area contributed by atoms with Gasteiger partial charge in [0.05, 0.1) is 11.9 Å². The van der Waals surface area contributed by atoms with Crippen molar-refractivity contribution in [2.24, 2.45) is 5.92 Å². The van der Waals surface area contributed by atoms with Crippen LogP contribution in [0.15, 0.2) is 18.3 Å². The molecule has 1 aliphatic carbocycles. The Hall–Kier alpha value is -1.25. The van der Waals surface area contributed by atoms with Crippen LogP contribution in [0.5, 0.6) is 0 Å². The van der Waals surface area contributed by atoms with Crippen molar-refractivity contribution in [3.63, 3.8) is 0 Å². The molecule has 106 valence electrons. The van der Waals surface area contributed by atoms with E-state index in [4.69, 9.17) is 0 Å². The highest BCUT2D eigenvalue weighted by Crippen LogP contribution is 2.26. The molecule has 3 heteroatoms. The first-order valence-corrected chi connectivity index (χ1v) is 7.70. The molecule has 1 N–H and O–H groups in total. The van der Waals surface area contributed by atoms with E-state index in [1.165, 1.54) is 25.7 Å². The van der Waals surface area contributed by atoms with Gasteiger partial charge in [-0.25, -0.2) is 4.98 Å². The van der Waals surface area contributed by atoms with Gasteiger partial charge in [-0.1, -0.05) is 6.92 Å². The highest BCUT2D eigenvalue weighted by Gasteiger charge is 2.17. The van der Waals surface area contributed by atoms with E-state index in [2.05, 4.69) is 48.1 Å². The van der Waals surface area contributed by atoms with Gasteiger partial charge in [0.25, 0.3) is 0 Å². The summed E-state index contributed by atoms with van der Waals surface area (Å²) in [5.74, 6) is 1.98. The highest BCUT2D eigenvalue weighted by molar-refractivity contribution is 5.49. The average molecular weight is 261 g/mol. The Balaban J connectivity index is 1.91. The minimum Gasteiger partial charge on any atom is -0.381 e. The fraction of sp³-hybridized carbons (Fsp3) is 0.688. The predicted octanol–water partition coefficient (Wildman–Crippen LogP) is 3.92. The summed E-state index contributed by atoms with van der Waals surface area (Å²) in [7, 11) is 0. The van der Waals surface area contributed by atoms with Gasteiger partial charge >= 0.3 is 0 Å². The molecule has 19 heavy (non-hydrogen) atoms. The molecule has 0 radical (unpaired) electrons. The lowest BCUT2D eigenvalue weighted by molar-refractivity contribution is 0.361. The van der Waals surface area contributed by atoms with Crippen molar-refractivity contribution >= 4 is 11.5 Å². The van der Waals surface area contributed by atoms with Crippen molar-refractivity contribution in [3.05, 3.63) is 18.3 Å². The standard InChI is InChI=1S/C16H27N3/c1-4-19(5-2)16-11-10-15(12-17-16)18-14-8-6-13(3)7-9-14/h10-14,18H,4-9H2,1-3H3. The molecule has 0 atom stereocenters. The Bertz CT molecular complexity index is 362. The van der Waals surface area contributed by atoms with Crippen molar-refractivity contribution in [1.29, 1.82) is 0 Å². The Kier molecular flexibility index (Phi) is 5.06. The van der Waals surface area contributed by atoms with Crippen LogP contribution in [-0.2, 0) is 0 Å². The summed E-state index contributed by atoms with van der Waals surface area (Å²) >= 11 is 0. The number of aromatic nitrogens is 1. The second-order valence-electron chi connectivity index (χ2n) is 5.68. The first-order chi connectivity index (χ1) is 9.22. The van der Waals surface area contributed by atoms with Gasteiger partial charge < -0.3 is 10.2 Å². The zero-order chi connectivity index (χ0) is 13.7. The summed E-state index contributed by atoms with van der Waals surface area (Å²) in [6.07, 6.45) is 7.26. The number of rotatable bonds is 5. The summed E-state index contributed by atoms with van der Waals surface area (Å²) in [5, 5.41) is 3.62. The number of hydrogen-bond acceptors (Lipinski definition) is 3. The molecule has 0 spiro atoms. The molecule has 0 saturated heterocycles. The lowest BCUT2D eigenvalue weighted by Crippen LogP contribution is -2.25. The zero-order valence-corrected chi connectivity index (χ0v) is 12.5. The third-order valence-electron chi connectivity index (χ3n) is 4.22. The summed E-state index contributed by atoms with van der Waals surface area (Å²) in [4.78, 5) is 6.83. The first-order valence-electron chi connectivity index (χ1n) is 7.70. The molecule has 1 aliphatic rings. The van der Waals surface area contributed by atoms with E-state index >= 15 is 0 Å². The van der Waals surface area contributed by atoms with Gasteiger partial charge in [0.2, 0.25) is 0 Å². The minimum atomic E-state index is 0.636. The van der Waals surface area contributed by atoms with E-state index in [1.54, 1.807) is 0 Å². The van der Waals surface area contributed by atoms with Gasteiger partial charge in [-0.2, -0.15) is 0 Å². The molecule has 1 aromatic rings. The van der Waals surface area contributed by atoms with Crippen LogP contribution in [0.25, 0.3) is 0 Å². The van der Waals surface area contributed by atoms with Gasteiger partial charge in [-0.15, -0.1) is 0 Å². The van der Waals surface area contributed by atoms with Gasteiger partial charge in [-0.05, 0) is 57.6 Å². The first kappa shape index (κ1) is 14.2. The number of pyridine rings is 1. The Morgan fingerprint density at radius 3 is 2.37 bits per heavy atom. The Labute approximate surface area is 117 Å². The molecule has 1 fully saturated rings. The van der Waals surface area contributed by atoms with E-state index in [-0.39, 0.29) is 0 Å². The zero-order valence-electron chi connectivity index (χ0n) is 12.5. The Morgan fingerprint density at radius 1 is 1.16 bits per heavy atom. The molecule has 0 aromatic carbocycles. The second-order valence-corrected chi connectivity index (χ2v) is 5.68. The van der Waals surface area contributed by atoms with Gasteiger partial charge in [0.1, 0.15) is 5.82 Å². The van der Waals surface area contributed by atoms with Crippen LogP contribution in [0, 0.1) is 5.92 Å². The van der Waals surface area contributed by atoms with Crippen LogP contribution < -0.4 is 10.2 Å². The maximum Gasteiger partial charge on any atom is 0.128 e. The third-order valence-corrected chi connectivity index (χ3v) is 4.22. The maximum absolute atomic E-state index is 4.56. The molecule has 1 aromatic heterocycles. The van der Waals surface area contributed by atoms with Crippen LogP contribution >= 0.6 is 0 Å². The molecular weight excluding hydrogens is 234 g/mol. The van der Waals surface area contributed by atoms with Crippen LogP contribution in [0.1, 0.15) is 46.5 Å². The SMILES string of the molecule is CCN(CC)c1ccc(NC2CCC(C)CC2)cn1. The van der Waals surface area contributed by atoms with Crippen molar-refractivity contribution < 1.29 is 0 Å². The summed E-state index contributed by atoms with van der Waals surface area (Å²) in [5.41, 5.74) is 1.16. The van der Waals surface area contributed by atoms with Gasteiger partial charge in [-0.3, -0.25) is 0 Å². The third kappa shape index (κ3) is 3.85. The molecule has 3 nitrogen and oxygen atoms in total. The molecule has 0 aliphatic heterocycles. The smallest absolute Gasteiger partial charge is 0.128 e. The van der Waals surface area contributed by atoms with Crippen LogP contribution in [0.4, 0.5) is 11.5 Å². The van der Waals surface area contributed by atoms with Gasteiger partial charge in [0.15, 0.2) is 0 Å². The van der Waals surface area contributed by atoms with Crippen molar-refractivity contribution in [1.82, 2.24) is 4.98 Å². The minimum absolute atomic E-state index is 0.636. The summed E-state index contributed by atoms with van der Waals surface area (Å²) in [6.45, 7) is 8.71. The monoisotopic (exact) mass is 261 g/mol. The molecule has 1 saturated carbocycles. The summed E-state index contributed by atoms with van der Waals surface area (Å²) in [6, 6.07) is 4.93. The largest absolute Gasteiger partial charge is 0.381 e. The second kappa shape index (κ2) is 6.78. The van der Waals surface area contributed by atoms with Crippen molar-refractivity contribution in [2.75, 3.05) is 23.3 Å². The number of hydrogen-bond donors (Lipinski definition) is 1. The molecule has 0 unspecified atom stereocenters. The number of nitrogens with one attached hydrogen (secondary N) is 1. The van der Waals surface area contributed by atoms with E-state index in [0.29, 0.717) is 6.04 Å². The van der Waals surface area contributed by atoms with Crippen molar-refractivity contribution in [2.45, 2.75) is 52.5 Å². The lowest BCUT2D eigenvalue weighted by Gasteiger charge is -2.28. The lowest BCUT2D eigenvalue weighted by atomic mass is 9.87. The molecule has 1 heterocycles. The quantitative estimate of drug-likeness (QED) is 0.870. The fourth-order valence-electron chi connectivity index (χ4n) is 2.85. The molecule has 0 amide bonds. The molecular formula is C16H27N3. The van der Waals surface area contributed by atoms with E-state index < -0.39 is 0 Å². The average Bonchev–Trinajstić information content (AvgIpc) is 2.44. The molecule has 2 rings (SSSR count). The van der Waals surface area contributed by atoms with Crippen LogP contribution in [-0.4, -0.2) is 24.1 Å². The number of anilines is 2. The molecule has 0 bridgehead atoms. The van der Waals surface area contributed by atoms with E-state index in [0.717, 1.165) is 30.5 Å². The fourth-order valence-corrected chi connectivity index (χ4v) is 2.85. The normalized spacial score (nSPS) is 23.1. The van der Waals surface area contributed by atoms with Crippen molar-refractivity contribution in [3.8, 4) is 0 Å². The van der Waals surface area contributed by atoms with Crippen LogP contribution in [0.3, 0.4) is 0 Å².